The normalized spacial score (nSPS) is 15.4. The highest BCUT2D eigenvalue weighted by molar-refractivity contribution is 5.92. The number of rotatable bonds is 4. The number of aryl methyl sites for hydroxylation is 2. The van der Waals surface area contributed by atoms with E-state index in [2.05, 4.69) is 0 Å². The van der Waals surface area contributed by atoms with Crippen LogP contribution in [0.25, 0.3) is 0 Å². The number of aliphatic hydroxyl groups is 1. The maximum atomic E-state index is 12.4. The van der Waals surface area contributed by atoms with Gasteiger partial charge < -0.3 is 19.3 Å². The minimum atomic E-state index is -0.480. The van der Waals surface area contributed by atoms with Crippen LogP contribution in [0.4, 0.5) is 0 Å². The molecule has 1 aliphatic rings. The molecule has 1 aromatic rings. The van der Waals surface area contributed by atoms with Crippen LogP contribution in [-0.2, 0) is 17.6 Å². The Morgan fingerprint density at radius 3 is 2.24 bits per heavy atom. The van der Waals surface area contributed by atoms with E-state index in [0.29, 0.717) is 31.9 Å². The maximum absolute atomic E-state index is 12.4. The lowest BCUT2D eigenvalue weighted by atomic mass is 10.1. The van der Waals surface area contributed by atoms with E-state index < -0.39 is 6.61 Å². The van der Waals surface area contributed by atoms with E-state index in [4.69, 9.17) is 9.52 Å². The van der Waals surface area contributed by atoms with Gasteiger partial charge in [0, 0.05) is 32.6 Å². The first-order valence-corrected chi connectivity index (χ1v) is 7.40. The lowest BCUT2D eigenvalue weighted by molar-refractivity contribution is -0.135. The molecule has 21 heavy (non-hydrogen) atoms. The largest absolute Gasteiger partial charge is 0.456 e. The summed E-state index contributed by atoms with van der Waals surface area (Å²) in [6, 6.07) is 1.83. The second-order valence-electron chi connectivity index (χ2n) is 5.10. The van der Waals surface area contributed by atoms with Crippen molar-refractivity contribution in [3.8, 4) is 0 Å². The van der Waals surface area contributed by atoms with Gasteiger partial charge in [-0.05, 0) is 18.1 Å². The van der Waals surface area contributed by atoms with E-state index >= 15 is 0 Å². The van der Waals surface area contributed by atoms with Gasteiger partial charge >= 0.3 is 0 Å². The second kappa shape index (κ2) is 6.76. The molecule has 0 aliphatic carbocycles. The van der Waals surface area contributed by atoms with Gasteiger partial charge in [0.1, 0.15) is 12.4 Å². The molecule has 0 radical (unpaired) electrons. The zero-order valence-corrected chi connectivity index (χ0v) is 12.6. The summed E-state index contributed by atoms with van der Waals surface area (Å²) in [7, 11) is 0. The lowest BCUT2D eigenvalue weighted by Gasteiger charge is -2.34. The minimum Gasteiger partial charge on any atom is -0.456 e. The molecule has 6 heteroatoms. The molecule has 2 rings (SSSR count). The van der Waals surface area contributed by atoms with Gasteiger partial charge in [0.25, 0.3) is 5.91 Å². The van der Waals surface area contributed by atoms with Crippen molar-refractivity contribution in [1.82, 2.24) is 9.80 Å². The third-order valence-corrected chi connectivity index (χ3v) is 3.86. The number of furan rings is 1. The van der Waals surface area contributed by atoms with Crippen LogP contribution in [0, 0.1) is 0 Å². The zero-order chi connectivity index (χ0) is 15.4. The zero-order valence-electron chi connectivity index (χ0n) is 12.6. The van der Waals surface area contributed by atoms with E-state index in [1.807, 2.05) is 19.9 Å². The quantitative estimate of drug-likeness (QED) is 0.886. The Balaban J connectivity index is 2.02. The second-order valence-corrected chi connectivity index (χ2v) is 5.10. The summed E-state index contributed by atoms with van der Waals surface area (Å²) >= 11 is 0. The Kier molecular flexibility index (Phi) is 5.01. The fourth-order valence-electron chi connectivity index (χ4n) is 2.59. The molecule has 1 N–H and O–H groups in total. The lowest BCUT2D eigenvalue weighted by Crippen LogP contribution is -2.51. The Morgan fingerprint density at radius 2 is 1.76 bits per heavy atom. The Morgan fingerprint density at radius 1 is 1.14 bits per heavy atom. The first kappa shape index (κ1) is 15.6. The monoisotopic (exact) mass is 294 g/mol. The van der Waals surface area contributed by atoms with Gasteiger partial charge in [0.15, 0.2) is 5.76 Å². The first-order chi connectivity index (χ1) is 10.1. The van der Waals surface area contributed by atoms with Gasteiger partial charge in [-0.2, -0.15) is 0 Å². The molecular formula is C15H22N2O4. The molecule has 6 nitrogen and oxygen atoms in total. The molecule has 0 saturated carbocycles. The predicted molar refractivity (Wildman–Crippen MR) is 77.0 cm³/mol. The number of amides is 2. The summed E-state index contributed by atoms with van der Waals surface area (Å²) < 4.78 is 5.65. The number of hydrogen-bond donors (Lipinski definition) is 1. The van der Waals surface area contributed by atoms with Crippen LogP contribution in [-0.4, -0.2) is 59.5 Å². The number of nitrogens with zero attached hydrogens (tertiary/aromatic N) is 2. The van der Waals surface area contributed by atoms with Crippen molar-refractivity contribution in [2.45, 2.75) is 26.7 Å². The topological polar surface area (TPSA) is 74.0 Å². The SMILES string of the molecule is CCc1cc(C(=O)N2CCN(C(=O)CO)CC2)oc1CC. The Bertz CT molecular complexity index is 494. The third kappa shape index (κ3) is 3.26. The number of hydrogen-bond acceptors (Lipinski definition) is 4. The molecule has 1 aromatic heterocycles. The third-order valence-electron chi connectivity index (χ3n) is 3.86. The standard InChI is InChI=1S/C15H22N2O4/c1-3-11-9-13(21-12(11)4-2)15(20)17-7-5-16(6-8-17)14(19)10-18/h9,18H,3-8,10H2,1-2H3. The van der Waals surface area contributed by atoms with Crippen LogP contribution < -0.4 is 0 Å². The molecule has 2 heterocycles. The Hall–Kier alpha value is -1.82. The molecular weight excluding hydrogens is 272 g/mol. The van der Waals surface area contributed by atoms with Crippen molar-refractivity contribution in [2.24, 2.45) is 0 Å². The van der Waals surface area contributed by atoms with Gasteiger partial charge in [0.2, 0.25) is 5.91 Å². The van der Waals surface area contributed by atoms with Crippen LogP contribution >= 0.6 is 0 Å². The number of piperazine rings is 1. The van der Waals surface area contributed by atoms with Crippen molar-refractivity contribution >= 4 is 11.8 Å². The van der Waals surface area contributed by atoms with E-state index in [1.54, 1.807) is 9.80 Å². The fourth-order valence-corrected chi connectivity index (χ4v) is 2.59. The summed E-state index contributed by atoms with van der Waals surface area (Å²) in [6.45, 7) is 5.40. The summed E-state index contributed by atoms with van der Waals surface area (Å²) in [6.07, 6.45) is 1.62. The Labute approximate surface area is 124 Å². The number of aliphatic hydroxyl groups excluding tert-OH is 1. The highest BCUT2D eigenvalue weighted by atomic mass is 16.4. The highest BCUT2D eigenvalue weighted by Gasteiger charge is 2.26. The van der Waals surface area contributed by atoms with Crippen LogP contribution in [0.1, 0.15) is 35.7 Å². The van der Waals surface area contributed by atoms with E-state index in [1.165, 1.54) is 0 Å². The van der Waals surface area contributed by atoms with Crippen LogP contribution in [0.3, 0.4) is 0 Å². The molecule has 0 atom stereocenters. The van der Waals surface area contributed by atoms with Crippen LogP contribution in [0.15, 0.2) is 10.5 Å². The molecule has 1 fully saturated rings. The van der Waals surface area contributed by atoms with Gasteiger partial charge in [0.05, 0.1) is 0 Å². The van der Waals surface area contributed by atoms with Gasteiger partial charge in [-0.15, -0.1) is 0 Å². The van der Waals surface area contributed by atoms with Crippen LogP contribution in [0.2, 0.25) is 0 Å². The van der Waals surface area contributed by atoms with E-state index in [0.717, 1.165) is 24.2 Å². The molecule has 116 valence electrons. The van der Waals surface area contributed by atoms with Crippen molar-refractivity contribution in [2.75, 3.05) is 32.8 Å². The maximum Gasteiger partial charge on any atom is 0.289 e. The minimum absolute atomic E-state index is 0.125. The summed E-state index contributed by atoms with van der Waals surface area (Å²) in [5.74, 6) is 0.836. The van der Waals surface area contributed by atoms with Crippen molar-refractivity contribution < 1.29 is 19.1 Å². The predicted octanol–water partition coefficient (Wildman–Crippen LogP) is 0.681. The first-order valence-electron chi connectivity index (χ1n) is 7.40. The smallest absolute Gasteiger partial charge is 0.289 e. The van der Waals surface area contributed by atoms with Crippen molar-refractivity contribution in [3.63, 3.8) is 0 Å². The molecule has 0 bridgehead atoms. The fraction of sp³-hybridized carbons (Fsp3) is 0.600. The summed E-state index contributed by atoms with van der Waals surface area (Å²) in [5, 5.41) is 8.84. The molecule has 0 aromatic carbocycles. The van der Waals surface area contributed by atoms with Crippen molar-refractivity contribution in [1.29, 1.82) is 0 Å². The molecule has 1 saturated heterocycles. The van der Waals surface area contributed by atoms with Gasteiger partial charge in [-0.1, -0.05) is 13.8 Å². The average Bonchev–Trinajstić information content (AvgIpc) is 2.96. The average molecular weight is 294 g/mol. The molecule has 0 spiro atoms. The highest BCUT2D eigenvalue weighted by Crippen LogP contribution is 2.19. The van der Waals surface area contributed by atoms with E-state index in [-0.39, 0.29) is 11.8 Å². The van der Waals surface area contributed by atoms with Gasteiger partial charge in [-0.3, -0.25) is 9.59 Å². The van der Waals surface area contributed by atoms with Gasteiger partial charge in [-0.25, -0.2) is 0 Å². The molecule has 2 amide bonds. The van der Waals surface area contributed by atoms with Crippen molar-refractivity contribution in [3.05, 3.63) is 23.2 Å². The van der Waals surface area contributed by atoms with Crippen LogP contribution in [0.5, 0.6) is 0 Å². The number of carbonyl (C=O) groups is 2. The number of carbonyl (C=O) groups excluding carboxylic acids is 2. The summed E-state index contributed by atoms with van der Waals surface area (Å²) in [4.78, 5) is 27.1. The van der Waals surface area contributed by atoms with E-state index in [9.17, 15) is 9.59 Å². The molecule has 0 unspecified atom stereocenters. The summed E-state index contributed by atoms with van der Waals surface area (Å²) in [5.41, 5.74) is 1.08. The molecule has 1 aliphatic heterocycles.